The minimum Gasteiger partial charge on any atom is -0.305 e. The Labute approximate surface area is 109 Å². The van der Waals surface area contributed by atoms with Gasteiger partial charge in [-0.05, 0) is 24.6 Å². The highest BCUT2D eigenvalue weighted by Gasteiger charge is 2.14. The topological polar surface area (TPSA) is 70.7 Å². The number of aromatic nitrogens is 3. The van der Waals surface area contributed by atoms with Crippen molar-refractivity contribution in [1.29, 1.82) is 0 Å². The van der Waals surface area contributed by atoms with E-state index in [4.69, 9.17) is 0 Å². The molecule has 0 aliphatic carbocycles. The highest BCUT2D eigenvalue weighted by molar-refractivity contribution is 6.10. The minimum atomic E-state index is -0.270. The second kappa shape index (κ2) is 4.53. The smallest absolute Gasteiger partial charge is 0.277 e. The van der Waals surface area contributed by atoms with Crippen LogP contribution in [0.4, 0.5) is 5.82 Å². The van der Waals surface area contributed by atoms with Crippen LogP contribution < -0.4 is 5.32 Å². The number of nitrogens with one attached hydrogen (secondary N) is 2. The van der Waals surface area contributed by atoms with Crippen LogP contribution in [0.3, 0.4) is 0 Å². The molecule has 5 heteroatoms. The van der Waals surface area contributed by atoms with Crippen molar-refractivity contribution in [2.75, 3.05) is 5.32 Å². The van der Waals surface area contributed by atoms with E-state index in [9.17, 15) is 4.79 Å². The first-order valence-corrected chi connectivity index (χ1v) is 5.91. The zero-order chi connectivity index (χ0) is 13.2. The van der Waals surface area contributed by atoms with Crippen LogP contribution in [-0.4, -0.2) is 21.1 Å². The molecule has 0 fully saturated rings. The lowest BCUT2D eigenvalue weighted by molar-refractivity contribution is 0.102. The van der Waals surface area contributed by atoms with Gasteiger partial charge >= 0.3 is 0 Å². The van der Waals surface area contributed by atoms with Crippen LogP contribution in [0.2, 0.25) is 0 Å². The van der Waals surface area contributed by atoms with Crippen LogP contribution >= 0.6 is 0 Å². The lowest BCUT2D eigenvalue weighted by atomic mass is 10.2. The zero-order valence-electron chi connectivity index (χ0n) is 10.3. The average Bonchev–Trinajstić information content (AvgIpc) is 2.85. The molecule has 0 spiro atoms. The first-order valence-electron chi connectivity index (χ1n) is 5.91. The molecule has 0 saturated heterocycles. The molecule has 2 aromatic heterocycles. The van der Waals surface area contributed by atoms with E-state index in [0.717, 1.165) is 16.5 Å². The van der Waals surface area contributed by atoms with E-state index in [0.29, 0.717) is 11.5 Å². The maximum Gasteiger partial charge on any atom is 0.277 e. The summed E-state index contributed by atoms with van der Waals surface area (Å²) < 4.78 is 0. The van der Waals surface area contributed by atoms with Crippen LogP contribution in [0, 0.1) is 6.92 Å². The molecule has 0 radical (unpaired) electrons. The van der Waals surface area contributed by atoms with Crippen molar-refractivity contribution in [2.24, 2.45) is 0 Å². The fourth-order valence-corrected chi connectivity index (χ4v) is 1.85. The number of aryl methyl sites for hydroxylation is 1. The number of nitrogens with zero attached hydrogens (tertiary/aromatic N) is 2. The molecular weight excluding hydrogens is 240 g/mol. The average molecular weight is 252 g/mol. The van der Waals surface area contributed by atoms with Gasteiger partial charge in [0, 0.05) is 11.6 Å². The molecule has 0 aliphatic heterocycles. The van der Waals surface area contributed by atoms with Gasteiger partial charge in [0.05, 0.1) is 5.52 Å². The SMILES string of the molecule is Cc1ccc(NC(=O)c2n[nH]c3ccccc23)nc1. The van der Waals surface area contributed by atoms with Crippen molar-refractivity contribution in [1.82, 2.24) is 15.2 Å². The highest BCUT2D eigenvalue weighted by atomic mass is 16.2. The molecule has 1 aromatic carbocycles. The van der Waals surface area contributed by atoms with Crippen molar-refractivity contribution >= 4 is 22.6 Å². The molecule has 3 rings (SSSR count). The third-order valence-corrected chi connectivity index (χ3v) is 2.84. The normalized spacial score (nSPS) is 10.6. The molecule has 19 heavy (non-hydrogen) atoms. The molecule has 0 atom stereocenters. The summed E-state index contributed by atoms with van der Waals surface area (Å²) in [5, 5.41) is 10.4. The molecule has 1 amide bonds. The first-order chi connectivity index (χ1) is 9.24. The zero-order valence-corrected chi connectivity index (χ0v) is 10.3. The van der Waals surface area contributed by atoms with Crippen molar-refractivity contribution in [3.8, 4) is 0 Å². The molecule has 0 unspecified atom stereocenters. The monoisotopic (exact) mass is 252 g/mol. The van der Waals surface area contributed by atoms with Gasteiger partial charge in [-0.15, -0.1) is 0 Å². The van der Waals surface area contributed by atoms with Gasteiger partial charge in [-0.25, -0.2) is 4.98 Å². The summed E-state index contributed by atoms with van der Waals surface area (Å²) in [7, 11) is 0. The van der Waals surface area contributed by atoms with E-state index < -0.39 is 0 Å². The summed E-state index contributed by atoms with van der Waals surface area (Å²) in [5.74, 6) is 0.247. The molecule has 94 valence electrons. The summed E-state index contributed by atoms with van der Waals surface area (Å²) in [6, 6.07) is 11.2. The fraction of sp³-hybridized carbons (Fsp3) is 0.0714. The number of benzene rings is 1. The summed E-state index contributed by atoms with van der Waals surface area (Å²) in [4.78, 5) is 16.3. The van der Waals surface area contributed by atoms with Gasteiger partial charge in [0.15, 0.2) is 5.69 Å². The number of para-hydroxylation sites is 1. The lowest BCUT2D eigenvalue weighted by Gasteiger charge is -2.02. The molecule has 5 nitrogen and oxygen atoms in total. The number of pyridine rings is 1. The molecule has 0 aliphatic rings. The Bertz CT molecular complexity index is 731. The molecule has 2 N–H and O–H groups in total. The Morgan fingerprint density at radius 1 is 1.21 bits per heavy atom. The number of fused-ring (bicyclic) bond motifs is 1. The van der Waals surface area contributed by atoms with E-state index in [1.54, 1.807) is 12.3 Å². The largest absolute Gasteiger partial charge is 0.305 e. The Balaban J connectivity index is 1.90. The van der Waals surface area contributed by atoms with Crippen molar-refractivity contribution in [3.63, 3.8) is 0 Å². The number of aromatic amines is 1. The van der Waals surface area contributed by atoms with E-state index in [-0.39, 0.29) is 5.91 Å². The van der Waals surface area contributed by atoms with Gasteiger partial charge in [0.1, 0.15) is 5.82 Å². The Morgan fingerprint density at radius 2 is 2.05 bits per heavy atom. The third kappa shape index (κ3) is 2.18. The molecule has 3 aromatic rings. The number of amides is 1. The molecule has 0 saturated carbocycles. The Hall–Kier alpha value is -2.69. The second-order valence-electron chi connectivity index (χ2n) is 4.29. The van der Waals surface area contributed by atoms with Crippen LogP contribution in [-0.2, 0) is 0 Å². The van der Waals surface area contributed by atoms with Crippen LogP contribution in [0.15, 0.2) is 42.6 Å². The van der Waals surface area contributed by atoms with Gasteiger partial charge in [0.25, 0.3) is 5.91 Å². The molecule has 2 heterocycles. The molecule has 0 bridgehead atoms. The van der Waals surface area contributed by atoms with Crippen LogP contribution in [0.25, 0.3) is 10.9 Å². The van der Waals surface area contributed by atoms with E-state index in [1.807, 2.05) is 37.3 Å². The first kappa shape index (κ1) is 11.4. The standard InChI is InChI=1S/C14H12N4O/c1-9-6-7-12(15-8-9)16-14(19)13-10-4-2-3-5-11(10)17-18-13/h2-8H,1H3,(H,17,18)(H,15,16,19). The number of anilines is 1. The number of hydrogen-bond donors (Lipinski definition) is 2. The lowest BCUT2D eigenvalue weighted by Crippen LogP contribution is -2.13. The Morgan fingerprint density at radius 3 is 2.84 bits per heavy atom. The van der Waals surface area contributed by atoms with Crippen molar-refractivity contribution in [2.45, 2.75) is 6.92 Å². The van der Waals surface area contributed by atoms with Crippen LogP contribution in [0.5, 0.6) is 0 Å². The minimum absolute atomic E-state index is 0.270. The second-order valence-corrected chi connectivity index (χ2v) is 4.29. The van der Waals surface area contributed by atoms with E-state index in [1.165, 1.54) is 0 Å². The Kier molecular flexibility index (Phi) is 2.72. The summed E-state index contributed by atoms with van der Waals surface area (Å²) in [6.07, 6.45) is 1.71. The van der Waals surface area contributed by atoms with Gasteiger partial charge in [-0.3, -0.25) is 9.89 Å². The van der Waals surface area contributed by atoms with E-state index >= 15 is 0 Å². The van der Waals surface area contributed by atoms with Crippen molar-refractivity contribution in [3.05, 3.63) is 53.9 Å². The number of carbonyl (C=O) groups is 1. The fourth-order valence-electron chi connectivity index (χ4n) is 1.85. The maximum atomic E-state index is 12.1. The van der Waals surface area contributed by atoms with Gasteiger partial charge < -0.3 is 5.32 Å². The summed E-state index contributed by atoms with van der Waals surface area (Å²) in [5.41, 5.74) is 2.26. The third-order valence-electron chi connectivity index (χ3n) is 2.84. The van der Waals surface area contributed by atoms with E-state index in [2.05, 4.69) is 20.5 Å². The number of H-pyrrole nitrogens is 1. The highest BCUT2D eigenvalue weighted by Crippen LogP contribution is 2.16. The predicted molar refractivity (Wildman–Crippen MR) is 73.0 cm³/mol. The number of hydrogen-bond acceptors (Lipinski definition) is 3. The maximum absolute atomic E-state index is 12.1. The molecular formula is C14H12N4O. The van der Waals surface area contributed by atoms with Gasteiger partial charge in [-0.2, -0.15) is 5.10 Å². The predicted octanol–water partition coefficient (Wildman–Crippen LogP) is 2.52. The van der Waals surface area contributed by atoms with Crippen LogP contribution in [0.1, 0.15) is 16.1 Å². The quantitative estimate of drug-likeness (QED) is 0.736. The number of carbonyl (C=O) groups excluding carboxylic acids is 1. The number of rotatable bonds is 2. The summed E-state index contributed by atoms with van der Waals surface area (Å²) in [6.45, 7) is 1.94. The van der Waals surface area contributed by atoms with Gasteiger partial charge in [0.2, 0.25) is 0 Å². The van der Waals surface area contributed by atoms with Gasteiger partial charge in [-0.1, -0.05) is 24.3 Å². The summed E-state index contributed by atoms with van der Waals surface area (Å²) >= 11 is 0. The van der Waals surface area contributed by atoms with Crippen molar-refractivity contribution < 1.29 is 4.79 Å².